The number of amides is 1. The largest absolute Gasteiger partial charge is 0.390 e. The zero-order valence-electron chi connectivity index (χ0n) is 19.4. The third-order valence-corrected chi connectivity index (χ3v) is 6.80. The number of nitrogens with zero attached hydrogens (tertiary/aromatic N) is 2. The van der Waals surface area contributed by atoms with Gasteiger partial charge in [-0.1, -0.05) is 24.8 Å². The van der Waals surface area contributed by atoms with Gasteiger partial charge in [0.05, 0.1) is 16.2 Å². The van der Waals surface area contributed by atoms with Crippen LogP contribution >= 0.6 is 11.9 Å². The molecular weight excluding hydrogens is 475 g/mol. The monoisotopic (exact) mass is 503 g/mol. The molecule has 0 aromatic heterocycles. The molecule has 9 heteroatoms. The Hall–Kier alpha value is -3.04. The Morgan fingerprint density at radius 1 is 1.20 bits per heavy atom. The standard InChI is InChI=1S/C26H28F3N3O2S/c1-3-15-30-23-18(2)5-4-6-22(23)35-31-20-9-7-19(8-10-20)25(33)32-16-13-26(34,14-17-32)12-11-21(27)24(28)29/h3-10,15,31,34H,1,11-14,16-17H2,2H3/b30-15-. The molecule has 35 heavy (non-hydrogen) atoms. The second kappa shape index (κ2) is 12.1. The molecule has 2 N–H and O–H groups in total. The average Bonchev–Trinajstić information content (AvgIpc) is 2.86. The number of nitrogens with one attached hydrogen (secondary N) is 1. The first-order valence-corrected chi connectivity index (χ1v) is 12.0. The zero-order valence-corrected chi connectivity index (χ0v) is 20.3. The number of piperidine rings is 1. The van der Waals surface area contributed by atoms with Crippen LogP contribution in [0, 0.1) is 6.92 Å². The van der Waals surface area contributed by atoms with Gasteiger partial charge in [0.1, 0.15) is 0 Å². The molecule has 1 heterocycles. The van der Waals surface area contributed by atoms with Crippen molar-refractivity contribution in [3.63, 3.8) is 0 Å². The number of benzene rings is 2. The van der Waals surface area contributed by atoms with Crippen molar-refractivity contribution in [2.45, 2.75) is 43.1 Å². The van der Waals surface area contributed by atoms with E-state index in [1.807, 2.05) is 37.3 Å². The van der Waals surface area contributed by atoms with Gasteiger partial charge in [0.25, 0.3) is 5.91 Å². The van der Waals surface area contributed by atoms with E-state index in [2.05, 4.69) is 16.3 Å². The minimum Gasteiger partial charge on any atom is -0.390 e. The van der Waals surface area contributed by atoms with Crippen molar-refractivity contribution in [2.24, 2.45) is 4.99 Å². The van der Waals surface area contributed by atoms with Crippen LogP contribution in [0.3, 0.4) is 0 Å². The summed E-state index contributed by atoms with van der Waals surface area (Å²) in [6, 6.07) is 13.0. The predicted molar refractivity (Wildman–Crippen MR) is 135 cm³/mol. The number of halogens is 3. The van der Waals surface area contributed by atoms with E-state index in [0.29, 0.717) is 5.56 Å². The van der Waals surface area contributed by atoms with Gasteiger partial charge in [0, 0.05) is 37.0 Å². The van der Waals surface area contributed by atoms with Crippen LogP contribution in [0.1, 0.15) is 41.6 Å². The molecule has 186 valence electrons. The predicted octanol–water partition coefficient (Wildman–Crippen LogP) is 6.83. The Bertz CT molecular complexity index is 1110. The number of allylic oxidation sites excluding steroid dienone is 2. The number of anilines is 1. The maximum absolute atomic E-state index is 13.1. The maximum atomic E-state index is 13.1. The van der Waals surface area contributed by atoms with Gasteiger partial charge in [-0.05, 0) is 74.0 Å². The molecule has 0 spiro atoms. The van der Waals surface area contributed by atoms with E-state index in [1.54, 1.807) is 29.3 Å². The van der Waals surface area contributed by atoms with Crippen LogP contribution in [0.4, 0.5) is 24.5 Å². The highest BCUT2D eigenvalue weighted by Crippen LogP contribution is 2.33. The lowest BCUT2D eigenvalue weighted by molar-refractivity contribution is -0.0236. The molecule has 0 saturated carbocycles. The summed E-state index contributed by atoms with van der Waals surface area (Å²) in [5, 5.41) is 10.5. The van der Waals surface area contributed by atoms with Gasteiger partial charge in [0.2, 0.25) is 0 Å². The first-order chi connectivity index (χ1) is 16.7. The number of hydrogen-bond donors (Lipinski definition) is 2. The molecule has 3 rings (SSSR count). The Labute approximate surface area is 207 Å². The summed E-state index contributed by atoms with van der Waals surface area (Å²) >= 11 is 1.42. The van der Waals surface area contributed by atoms with Gasteiger partial charge in [-0.3, -0.25) is 9.79 Å². The maximum Gasteiger partial charge on any atom is 0.301 e. The lowest BCUT2D eigenvalue weighted by atomic mass is 9.86. The Balaban J connectivity index is 1.56. The summed E-state index contributed by atoms with van der Waals surface area (Å²) in [4.78, 5) is 19.9. The van der Waals surface area contributed by atoms with Crippen LogP contribution in [0.5, 0.6) is 0 Å². The number of para-hydroxylation sites is 1. The van der Waals surface area contributed by atoms with Crippen LogP contribution in [0.15, 0.2) is 76.9 Å². The third-order valence-electron chi connectivity index (χ3n) is 5.92. The van der Waals surface area contributed by atoms with Gasteiger partial charge in [-0.25, -0.2) is 4.39 Å². The smallest absolute Gasteiger partial charge is 0.301 e. The molecule has 1 saturated heterocycles. The van der Waals surface area contributed by atoms with Crippen LogP contribution in [0.2, 0.25) is 0 Å². The fourth-order valence-electron chi connectivity index (χ4n) is 3.80. The van der Waals surface area contributed by atoms with Crippen molar-refractivity contribution in [2.75, 3.05) is 17.8 Å². The molecule has 2 aromatic carbocycles. The van der Waals surface area contributed by atoms with E-state index in [-0.39, 0.29) is 38.3 Å². The quantitative estimate of drug-likeness (QED) is 0.291. The van der Waals surface area contributed by atoms with E-state index < -0.39 is 23.9 Å². The molecule has 1 amide bonds. The van der Waals surface area contributed by atoms with Crippen LogP contribution < -0.4 is 4.72 Å². The molecule has 1 aliphatic rings. The van der Waals surface area contributed by atoms with E-state index in [4.69, 9.17) is 0 Å². The second-order valence-corrected chi connectivity index (χ2v) is 9.25. The highest BCUT2D eigenvalue weighted by molar-refractivity contribution is 8.00. The van der Waals surface area contributed by atoms with Gasteiger partial charge < -0.3 is 14.7 Å². The molecule has 1 aliphatic heterocycles. The first-order valence-electron chi connectivity index (χ1n) is 11.2. The number of carbonyl (C=O) groups excluding carboxylic acids is 1. The molecule has 0 atom stereocenters. The molecule has 5 nitrogen and oxygen atoms in total. The number of aliphatic hydroxyl groups is 1. The number of aliphatic imine (C=N–C) groups is 1. The van der Waals surface area contributed by atoms with Gasteiger partial charge >= 0.3 is 6.08 Å². The summed E-state index contributed by atoms with van der Waals surface area (Å²) in [7, 11) is 0. The van der Waals surface area contributed by atoms with Crippen molar-refractivity contribution in [1.82, 2.24) is 4.90 Å². The minimum atomic E-state index is -2.35. The van der Waals surface area contributed by atoms with Crippen molar-refractivity contribution in [1.29, 1.82) is 0 Å². The molecule has 0 aliphatic carbocycles. The Morgan fingerprint density at radius 2 is 1.89 bits per heavy atom. The zero-order chi connectivity index (χ0) is 25.4. The summed E-state index contributed by atoms with van der Waals surface area (Å²) in [6.07, 6.45) is 0.734. The number of carbonyl (C=O) groups is 1. The van der Waals surface area contributed by atoms with Crippen molar-refractivity contribution in [3.8, 4) is 0 Å². The number of aryl methyl sites for hydroxylation is 1. The summed E-state index contributed by atoms with van der Waals surface area (Å²) in [5.74, 6) is -1.67. The fraction of sp³-hybridized carbons (Fsp3) is 0.308. The summed E-state index contributed by atoms with van der Waals surface area (Å²) < 4.78 is 40.9. The normalized spacial score (nSPS) is 15.2. The highest BCUT2D eigenvalue weighted by atomic mass is 32.2. The average molecular weight is 504 g/mol. The van der Waals surface area contributed by atoms with E-state index in [1.165, 1.54) is 11.9 Å². The summed E-state index contributed by atoms with van der Waals surface area (Å²) in [5.41, 5.74) is 1.97. The van der Waals surface area contributed by atoms with Crippen molar-refractivity contribution >= 4 is 35.4 Å². The van der Waals surface area contributed by atoms with E-state index in [0.717, 1.165) is 21.8 Å². The first kappa shape index (κ1) is 26.6. The molecule has 2 aromatic rings. The van der Waals surface area contributed by atoms with Crippen LogP contribution in [-0.4, -0.2) is 40.8 Å². The minimum absolute atomic E-state index is 0.0994. The van der Waals surface area contributed by atoms with Gasteiger partial charge in [-0.2, -0.15) is 8.78 Å². The lowest BCUT2D eigenvalue weighted by Crippen LogP contribution is -2.46. The number of hydrogen-bond acceptors (Lipinski definition) is 5. The van der Waals surface area contributed by atoms with E-state index in [9.17, 15) is 23.1 Å². The summed E-state index contributed by atoms with van der Waals surface area (Å²) in [6.45, 7) is 6.19. The number of rotatable bonds is 9. The topological polar surface area (TPSA) is 64.9 Å². The molecule has 0 radical (unpaired) electrons. The lowest BCUT2D eigenvalue weighted by Gasteiger charge is -2.38. The van der Waals surface area contributed by atoms with Crippen molar-refractivity contribution < 1.29 is 23.1 Å². The number of likely N-dealkylation sites (tertiary alicyclic amines) is 1. The molecule has 1 fully saturated rings. The third kappa shape index (κ3) is 7.22. The highest BCUT2D eigenvalue weighted by Gasteiger charge is 2.34. The second-order valence-electron chi connectivity index (χ2n) is 8.40. The SMILES string of the molecule is C=C/C=N\c1c(C)cccc1SNc1ccc(C(=O)N2CCC(O)(CCC(F)=C(F)F)CC2)cc1. The Morgan fingerprint density at radius 3 is 2.51 bits per heavy atom. The van der Waals surface area contributed by atoms with E-state index >= 15 is 0 Å². The molecular formula is C26H28F3N3O2S. The van der Waals surface area contributed by atoms with Crippen LogP contribution in [0.25, 0.3) is 0 Å². The molecule has 0 bridgehead atoms. The van der Waals surface area contributed by atoms with Gasteiger partial charge in [0.15, 0.2) is 5.83 Å². The molecule has 0 unspecified atom stereocenters. The van der Waals surface area contributed by atoms with Crippen molar-refractivity contribution in [3.05, 3.63) is 78.2 Å². The fourth-order valence-corrected chi connectivity index (χ4v) is 4.62. The Kier molecular flexibility index (Phi) is 9.17. The van der Waals surface area contributed by atoms with Crippen LogP contribution in [-0.2, 0) is 0 Å². The van der Waals surface area contributed by atoms with Gasteiger partial charge in [-0.15, -0.1) is 0 Å².